The number of nitrogens with one attached hydrogen (secondary N) is 4. The Morgan fingerprint density at radius 3 is 2.35 bits per heavy atom. The normalized spacial score (nSPS) is 11.9. The highest BCUT2D eigenvalue weighted by atomic mass is 19.1. The van der Waals surface area contributed by atoms with Gasteiger partial charge in [0, 0.05) is 25.1 Å². The number of hydrogen-bond donors (Lipinski definition) is 4. The van der Waals surface area contributed by atoms with E-state index in [0.717, 1.165) is 18.2 Å². The highest BCUT2D eigenvalue weighted by Crippen LogP contribution is 2.17. The topological polar surface area (TPSA) is 169 Å². The number of rotatable bonds is 12. The van der Waals surface area contributed by atoms with Crippen molar-refractivity contribution in [3.63, 3.8) is 0 Å². The third kappa shape index (κ3) is 12.7. The number of ether oxygens (including phenoxy) is 1. The maximum absolute atomic E-state index is 13.8. The Morgan fingerprint density at radius 1 is 1.08 bits per heavy atom. The molecule has 1 rings (SSSR count). The first-order valence-corrected chi connectivity index (χ1v) is 12.0. The SMILES string of the molecule is CC(C)CC(NC(=O)OC(C)(C)C)C(=O)NNC(=O)CCCCCNC(=O)c1cc([N+](=O)[O-])ccc1F. The lowest BCUT2D eigenvalue weighted by molar-refractivity contribution is -0.384. The van der Waals surface area contributed by atoms with Gasteiger partial charge in [0.25, 0.3) is 17.5 Å². The summed E-state index contributed by atoms with van der Waals surface area (Å²) in [5.74, 6) is -2.55. The molecule has 0 heterocycles. The summed E-state index contributed by atoms with van der Waals surface area (Å²) in [5, 5.41) is 15.8. The van der Waals surface area contributed by atoms with Gasteiger partial charge in [0.15, 0.2) is 0 Å². The van der Waals surface area contributed by atoms with Gasteiger partial charge in [-0.2, -0.15) is 0 Å². The molecule has 37 heavy (non-hydrogen) atoms. The number of hydrazine groups is 1. The predicted octanol–water partition coefficient (Wildman–Crippen LogP) is 3.11. The maximum atomic E-state index is 13.8. The highest BCUT2D eigenvalue weighted by molar-refractivity contribution is 5.95. The number of unbranched alkanes of at least 4 members (excludes halogenated alkanes) is 2. The zero-order valence-corrected chi connectivity index (χ0v) is 21.8. The minimum atomic E-state index is -0.894. The number of nitrogens with zero attached hydrogens (tertiary/aromatic N) is 1. The number of non-ortho nitro benzene ring substituents is 1. The van der Waals surface area contributed by atoms with Crippen LogP contribution in [0.5, 0.6) is 0 Å². The summed E-state index contributed by atoms with van der Waals surface area (Å²) in [6.07, 6.45) is 1.19. The molecular formula is C24H36FN5O7. The van der Waals surface area contributed by atoms with Gasteiger partial charge in [0.1, 0.15) is 17.5 Å². The van der Waals surface area contributed by atoms with Crippen LogP contribution in [0.25, 0.3) is 0 Å². The summed E-state index contributed by atoms with van der Waals surface area (Å²) in [6, 6.07) is 1.82. The van der Waals surface area contributed by atoms with Gasteiger partial charge in [-0.25, -0.2) is 9.18 Å². The van der Waals surface area contributed by atoms with Gasteiger partial charge in [-0.15, -0.1) is 0 Å². The van der Waals surface area contributed by atoms with Gasteiger partial charge in [-0.3, -0.25) is 35.3 Å². The Balaban J connectivity index is 2.36. The van der Waals surface area contributed by atoms with E-state index in [0.29, 0.717) is 25.7 Å². The van der Waals surface area contributed by atoms with Crippen LogP contribution in [-0.2, 0) is 14.3 Å². The number of hydrogen-bond acceptors (Lipinski definition) is 7. The van der Waals surface area contributed by atoms with E-state index < -0.39 is 51.8 Å². The molecule has 13 heteroatoms. The van der Waals surface area contributed by atoms with Crippen LogP contribution in [0.15, 0.2) is 18.2 Å². The molecule has 0 bridgehead atoms. The van der Waals surface area contributed by atoms with Crippen molar-refractivity contribution in [3.8, 4) is 0 Å². The molecule has 0 aliphatic rings. The van der Waals surface area contributed by atoms with E-state index in [1.54, 1.807) is 20.8 Å². The van der Waals surface area contributed by atoms with Crippen molar-refractivity contribution in [2.75, 3.05) is 6.54 Å². The molecule has 4 N–H and O–H groups in total. The minimum Gasteiger partial charge on any atom is -0.444 e. The number of carbonyl (C=O) groups is 4. The monoisotopic (exact) mass is 525 g/mol. The third-order valence-electron chi connectivity index (χ3n) is 4.81. The van der Waals surface area contributed by atoms with Crippen molar-refractivity contribution >= 4 is 29.5 Å². The molecule has 0 aromatic heterocycles. The summed E-state index contributed by atoms with van der Waals surface area (Å²) in [6.45, 7) is 9.07. The van der Waals surface area contributed by atoms with Crippen LogP contribution in [0.2, 0.25) is 0 Å². The van der Waals surface area contributed by atoms with Crippen molar-refractivity contribution in [2.24, 2.45) is 5.92 Å². The van der Waals surface area contributed by atoms with E-state index in [9.17, 15) is 33.7 Å². The standard InChI is InChI=1S/C24H36FN5O7/c1-15(2)13-19(27-23(34)37-24(3,4)5)22(33)29-28-20(31)9-7-6-8-12-26-21(32)17-14-16(30(35)36)10-11-18(17)25/h10-11,14-15,19H,6-9,12-13H2,1-5H3,(H,26,32)(H,27,34)(H,28,31)(H,29,33). The van der Waals surface area contributed by atoms with Gasteiger partial charge in [0.05, 0.1) is 10.5 Å². The number of alkyl carbamates (subject to hydrolysis) is 1. The maximum Gasteiger partial charge on any atom is 0.408 e. The molecule has 0 spiro atoms. The van der Waals surface area contributed by atoms with Crippen LogP contribution in [0, 0.1) is 21.8 Å². The molecule has 4 amide bonds. The van der Waals surface area contributed by atoms with Crippen LogP contribution in [0.3, 0.4) is 0 Å². The van der Waals surface area contributed by atoms with Crippen molar-refractivity contribution in [1.29, 1.82) is 0 Å². The third-order valence-corrected chi connectivity index (χ3v) is 4.81. The lowest BCUT2D eigenvalue weighted by Crippen LogP contribution is -2.53. The summed E-state index contributed by atoms with van der Waals surface area (Å²) < 4.78 is 19.0. The van der Waals surface area contributed by atoms with Crippen molar-refractivity contribution in [1.82, 2.24) is 21.5 Å². The molecule has 0 fully saturated rings. The first-order valence-electron chi connectivity index (χ1n) is 12.0. The molecule has 0 saturated heterocycles. The smallest absolute Gasteiger partial charge is 0.408 e. The van der Waals surface area contributed by atoms with Crippen LogP contribution < -0.4 is 21.5 Å². The Bertz CT molecular complexity index is 979. The highest BCUT2D eigenvalue weighted by Gasteiger charge is 2.25. The molecule has 12 nitrogen and oxygen atoms in total. The predicted molar refractivity (Wildman–Crippen MR) is 133 cm³/mol. The Labute approximate surface area is 215 Å². The van der Waals surface area contributed by atoms with Crippen LogP contribution in [-0.4, -0.2) is 46.9 Å². The molecular weight excluding hydrogens is 489 g/mol. The molecule has 0 aliphatic heterocycles. The number of nitro benzene ring substituents is 1. The second-order valence-corrected chi connectivity index (χ2v) is 9.85. The van der Waals surface area contributed by atoms with Crippen molar-refractivity contribution in [3.05, 3.63) is 39.7 Å². The molecule has 1 aromatic rings. The fourth-order valence-electron chi connectivity index (χ4n) is 3.12. The van der Waals surface area contributed by atoms with E-state index in [-0.39, 0.29) is 24.6 Å². The van der Waals surface area contributed by atoms with E-state index in [1.807, 2.05) is 13.8 Å². The summed E-state index contributed by atoms with van der Waals surface area (Å²) in [5.41, 5.74) is 3.09. The zero-order chi connectivity index (χ0) is 28.2. The lowest BCUT2D eigenvalue weighted by Gasteiger charge is -2.24. The molecule has 1 aromatic carbocycles. The van der Waals surface area contributed by atoms with E-state index in [2.05, 4.69) is 21.5 Å². The quantitative estimate of drug-likeness (QED) is 0.185. The second-order valence-electron chi connectivity index (χ2n) is 9.85. The lowest BCUT2D eigenvalue weighted by atomic mass is 10.0. The van der Waals surface area contributed by atoms with Crippen LogP contribution in [0.1, 0.15) is 77.1 Å². The largest absolute Gasteiger partial charge is 0.444 e. The summed E-state index contributed by atoms with van der Waals surface area (Å²) in [7, 11) is 0. The van der Waals surface area contributed by atoms with Gasteiger partial charge in [0.2, 0.25) is 5.91 Å². The number of carbonyl (C=O) groups excluding carboxylic acids is 4. The fraction of sp³-hybridized carbons (Fsp3) is 0.583. The van der Waals surface area contributed by atoms with Gasteiger partial charge in [-0.1, -0.05) is 20.3 Å². The number of halogens is 1. The molecule has 206 valence electrons. The Morgan fingerprint density at radius 2 is 1.76 bits per heavy atom. The summed E-state index contributed by atoms with van der Waals surface area (Å²) >= 11 is 0. The Hall–Kier alpha value is -3.77. The average molecular weight is 526 g/mol. The first-order chi connectivity index (χ1) is 17.2. The first kappa shape index (κ1) is 31.3. The van der Waals surface area contributed by atoms with Crippen LogP contribution >= 0.6 is 0 Å². The van der Waals surface area contributed by atoms with Crippen molar-refractivity contribution in [2.45, 2.75) is 78.4 Å². The molecule has 0 aliphatic carbocycles. The van der Waals surface area contributed by atoms with Gasteiger partial charge >= 0.3 is 6.09 Å². The average Bonchev–Trinajstić information content (AvgIpc) is 2.77. The van der Waals surface area contributed by atoms with E-state index >= 15 is 0 Å². The fourth-order valence-corrected chi connectivity index (χ4v) is 3.12. The summed E-state index contributed by atoms with van der Waals surface area (Å²) in [4.78, 5) is 58.7. The van der Waals surface area contributed by atoms with E-state index in [4.69, 9.17) is 4.74 Å². The van der Waals surface area contributed by atoms with E-state index in [1.165, 1.54) is 0 Å². The van der Waals surface area contributed by atoms with Crippen molar-refractivity contribution < 1.29 is 33.2 Å². The molecule has 0 radical (unpaired) electrons. The van der Waals surface area contributed by atoms with Gasteiger partial charge in [-0.05, 0) is 52.0 Å². The number of benzene rings is 1. The van der Waals surface area contributed by atoms with Gasteiger partial charge < -0.3 is 15.4 Å². The minimum absolute atomic E-state index is 0.0929. The number of amides is 4. The zero-order valence-electron chi connectivity index (χ0n) is 21.8. The van der Waals surface area contributed by atoms with Crippen LogP contribution in [0.4, 0.5) is 14.9 Å². The molecule has 1 unspecified atom stereocenters. The molecule has 0 saturated carbocycles. The second kappa shape index (κ2) is 14.7. The molecule has 1 atom stereocenters. The Kier molecular flexibility index (Phi) is 12.4. The number of nitro groups is 1.